The summed E-state index contributed by atoms with van der Waals surface area (Å²) in [6, 6.07) is 14.3. The van der Waals surface area contributed by atoms with Crippen molar-refractivity contribution in [2.24, 2.45) is 0 Å². The van der Waals surface area contributed by atoms with E-state index in [1.165, 1.54) is 16.7 Å². The average molecular weight is 294 g/mol. The Kier molecular flexibility index (Phi) is 4.54. The number of carbonyl (C=O) groups is 1. The van der Waals surface area contributed by atoms with Gasteiger partial charge in [0.2, 0.25) is 0 Å². The minimum absolute atomic E-state index is 0.0123. The number of hydrogen-bond donors (Lipinski definition) is 2. The van der Waals surface area contributed by atoms with Crippen LogP contribution in [0.4, 0.5) is 0 Å². The van der Waals surface area contributed by atoms with Crippen LogP contribution in [-0.2, 0) is 26.1 Å². The zero-order chi connectivity index (χ0) is 15.4. The average Bonchev–Trinajstić information content (AvgIpc) is 3.01. The van der Waals surface area contributed by atoms with Gasteiger partial charge in [0.05, 0.1) is 0 Å². The van der Waals surface area contributed by atoms with Gasteiger partial charge in [-0.3, -0.25) is 4.79 Å². The van der Waals surface area contributed by atoms with E-state index in [0.717, 1.165) is 37.1 Å². The van der Waals surface area contributed by atoms with Crippen molar-refractivity contribution < 1.29 is 4.79 Å². The molecule has 0 radical (unpaired) electrons. The lowest BCUT2D eigenvalue weighted by Crippen LogP contribution is -2.22. The van der Waals surface area contributed by atoms with E-state index in [1.54, 1.807) is 0 Å². The lowest BCUT2D eigenvalue weighted by Gasteiger charge is -2.08. The molecule has 114 valence electrons. The molecule has 0 aliphatic carbocycles. The van der Waals surface area contributed by atoms with Gasteiger partial charge in [0, 0.05) is 25.2 Å². The summed E-state index contributed by atoms with van der Waals surface area (Å²) in [5, 5.41) is 6.33. The molecular weight excluding hydrogens is 272 g/mol. The molecule has 0 bridgehead atoms. The predicted molar refractivity (Wildman–Crippen MR) is 88.6 cm³/mol. The first-order chi connectivity index (χ1) is 10.8. The first kappa shape index (κ1) is 14.8. The number of aryl methyl sites for hydroxylation is 1. The maximum absolute atomic E-state index is 12.2. The fraction of sp³-hybridized carbons (Fsp3) is 0.316. The zero-order valence-corrected chi connectivity index (χ0v) is 13.0. The molecule has 2 N–H and O–H groups in total. The van der Waals surface area contributed by atoms with Crippen LogP contribution in [0.25, 0.3) is 0 Å². The Labute approximate surface area is 131 Å². The van der Waals surface area contributed by atoms with E-state index in [9.17, 15) is 4.79 Å². The van der Waals surface area contributed by atoms with Crippen LogP contribution in [0.5, 0.6) is 0 Å². The van der Waals surface area contributed by atoms with Gasteiger partial charge in [0.1, 0.15) is 0 Å². The molecular formula is C19H22N2O. The van der Waals surface area contributed by atoms with Crippen LogP contribution in [0.3, 0.4) is 0 Å². The summed E-state index contributed by atoms with van der Waals surface area (Å²) in [5.41, 5.74) is 5.86. The third kappa shape index (κ3) is 3.37. The summed E-state index contributed by atoms with van der Waals surface area (Å²) in [6.07, 6.45) is 2.18. The van der Waals surface area contributed by atoms with Crippen molar-refractivity contribution in [1.82, 2.24) is 10.6 Å². The fourth-order valence-electron chi connectivity index (χ4n) is 2.85. The number of fused-ring (bicyclic) bond motifs is 1. The Morgan fingerprint density at radius 2 is 1.77 bits per heavy atom. The molecule has 3 heteroatoms. The van der Waals surface area contributed by atoms with Gasteiger partial charge in [-0.25, -0.2) is 0 Å². The van der Waals surface area contributed by atoms with E-state index >= 15 is 0 Å². The molecule has 2 aromatic carbocycles. The van der Waals surface area contributed by atoms with Crippen molar-refractivity contribution in [2.75, 3.05) is 0 Å². The number of amides is 1. The Morgan fingerprint density at radius 1 is 1.05 bits per heavy atom. The van der Waals surface area contributed by atoms with Gasteiger partial charge in [0.15, 0.2) is 0 Å². The molecule has 3 rings (SSSR count). The van der Waals surface area contributed by atoms with Crippen molar-refractivity contribution >= 4 is 5.91 Å². The highest BCUT2D eigenvalue weighted by atomic mass is 16.1. The first-order valence-corrected chi connectivity index (χ1v) is 7.95. The Balaban J connectivity index is 1.60. The lowest BCUT2D eigenvalue weighted by molar-refractivity contribution is 0.0951. The monoisotopic (exact) mass is 294 g/mol. The van der Waals surface area contributed by atoms with Gasteiger partial charge in [-0.1, -0.05) is 43.7 Å². The molecule has 1 aliphatic rings. The summed E-state index contributed by atoms with van der Waals surface area (Å²) >= 11 is 0. The van der Waals surface area contributed by atoms with Crippen LogP contribution in [0.15, 0.2) is 42.5 Å². The standard InChI is InChI=1S/C19H22N2O/c1-2-3-14-4-7-16(8-5-14)19(22)21-11-15-6-9-17-12-20-13-18(17)10-15/h4-10,20H,2-3,11-13H2,1H3,(H,21,22). The molecule has 1 aliphatic heterocycles. The molecule has 0 saturated heterocycles. The normalized spacial score (nSPS) is 13.0. The number of hydrogen-bond acceptors (Lipinski definition) is 2. The van der Waals surface area contributed by atoms with E-state index in [4.69, 9.17) is 0 Å². The summed E-state index contributed by atoms with van der Waals surface area (Å²) in [4.78, 5) is 12.2. The van der Waals surface area contributed by atoms with Crippen LogP contribution in [0.1, 0.15) is 46.0 Å². The molecule has 1 heterocycles. The Bertz CT molecular complexity index is 662. The van der Waals surface area contributed by atoms with Crippen LogP contribution < -0.4 is 10.6 Å². The van der Waals surface area contributed by atoms with Crippen molar-refractivity contribution in [3.05, 3.63) is 70.3 Å². The number of benzene rings is 2. The summed E-state index contributed by atoms with van der Waals surface area (Å²) in [5.74, 6) is -0.0123. The highest BCUT2D eigenvalue weighted by Crippen LogP contribution is 2.17. The van der Waals surface area contributed by atoms with Crippen LogP contribution in [-0.4, -0.2) is 5.91 Å². The highest BCUT2D eigenvalue weighted by Gasteiger charge is 2.11. The topological polar surface area (TPSA) is 41.1 Å². The van der Waals surface area contributed by atoms with E-state index in [2.05, 4.69) is 35.8 Å². The van der Waals surface area contributed by atoms with Crippen molar-refractivity contribution in [3.63, 3.8) is 0 Å². The van der Waals surface area contributed by atoms with E-state index in [-0.39, 0.29) is 5.91 Å². The van der Waals surface area contributed by atoms with Crippen molar-refractivity contribution in [1.29, 1.82) is 0 Å². The number of nitrogens with one attached hydrogen (secondary N) is 2. The maximum Gasteiger partial charge on any atom is 0.251 e. The van der Waals surface area contributed by atoms with Crippen molar-refractivity contribution in [3.8, 4) is 0 Å². The van der Waals surface area contributed by atoms with E-state index < -0.39 is 0 Å². The largest absolute Gasteiger partial charge is 0.348 e. The van der Waals surface area contributed by atoms with Crippen LogP contribution in [0, 0.1) is 0 Å². The number of carbonyl (C=O) groups excluding carboxylic acids is 1. The Morgan fingerprint density at radius 3 is 2.55 bits per heavy atom. The summed E-state index contributed by atoms with van der Waals surface area (Å²) in [7, 11) is 0. The third-order valence-electron chi connectivity index (χ3n) is 4.11. The third-order valence-corrected chi connectivity index (χ3v) is 4.11. The van der Waals surface area contributed by atoms with Gasteiger partial charge >= 0.3 is 0 Å². The minimum Gasteiger partial charge on any atom is -0.348 e. The minimum atomic E-state index is -0.0123. The Hall–Kier alpha value is -2.13. The zero-order valence-electron chi connectivity index (χ0n) is 13.0. The SMILES string of the molecule is CCCc1ccc(C(=O)NCc2ccc3c(c2)CNC3)cc1. The maximum atomic E-state index is 12.2. The van der Waals surface area contributed by atoms with Crippen LogP contribution >= 0.6 is 0 Å². The molecule has 0 saturated carbocycles. The molecule has 0 fully saturated rings. The first-order valence-electron chi connectivity index (χ1n) is 7.95. The van der Waals surface area contributed by atoms with Crippen molar-refractivity contribution in [2.45, 2.75) is 39.4 Å². The smallest absolute Gasteiger partial charge is 0.251 e. The van der Waals surface area contributed by atoms with Gasteiger partial charge < -0.3 is 10.6 Å². The highest BCUT2D eigenvalue weighted by molar-refractivity contribution is 5.94. The lowest BCUT2D eigenvalue weighted by atomic mass is 10.1. The van der Waals surface area contributed by atoms with E-state index in [1.807, 2.05) is 24.3 Å². The van der Waals surface area contributed by atoms with Gasteiger partial charge in [0.25, 0.3) is 5.91 Å². The quantitative estimate of drug-likeness (QED) is 0.889. The van der Waals surface area contributed by atoms with Gasteiger partial charge in [-0.05, 0) is 40.8 Å². The van der Waals surface area contributed by atoms with Gasteiger partial charge in [-0.2, -0.15) is 0 Å². The predicted octanol–water partition coefficient (Wildman–Crippen LogP) is 3.17. The number of rotatable bonds is 5. The van der Waals surface area contributed by atoms with Gasteiger partial charge in [-0.15, -0.1) is 0 Å². The van der Waals surface area contributed by atoms with Crippen LogP contribution in [0.2, 0.25) is 0 Å². The molecule has 0 unspecified atom stereocenters. The molecule has 0 aromatic heterocycles. The second-order valence-electron chi connectivity index (χ2n) is 5.84. The molecule has 3 nitrogen and oxygen atoms in total. The molecule has 2 aromatic rings. The van der Waals surface area contributed by atoms with E-state index in [0.29, 0.717) is 6.54 Å². The molecule has 1 amide bonds. The second kappa shape index (κ2) is 6.75. The summed E-state index contributed by atoms with van der Waals surface area (Å²) < 4.78 is 0. The second-order valence-corrected chi connectivity index (χ2v) is 5.84. The fourth-order valence-corrected chi connectivity index (χ4v) is 2.85. The molecule has 0 atom stereocenters. The molecule has 0 spiro atoms. The summed E-state index contributed by atoms with van der Waals surface area (Å²) in [6.45, 7) is 4.61. The molecule has 22 heavy (non-hydrogen) atoms.